The number of nitrogens with one attached hydrogen (secondary N) is 1. The SMILES string of the molecule is CC=CC=C(C)N1CCC(CNC(CN2CCCC2)C(O)c2ccc(CC)c(Cl)c2)C1. The fourth-order valence-corrected chi connectivity index (χ4v) is 5.09. The summed E-state index contributed by atoms with van der Waals surface area (Å²) in [5.41, 5.74) is 3.38. The highest BCUT2D eigenvalue weighted by molar-refractivity contribution is 6.31. The Morgan fingerprint density at radius 1 is 1.29 bits per heavy atom. The molecule has 0 bridgehead atoms. The van der Waals surface area contributed by atoms with Gasteiger partial charge in [-0.1, -0.05) is 42.8 Å². The molecule has 31 heavy (non-hydrogen) atoms. The lowest BCUT2D eigenvalue weighted by Gasteiger charge is -2.30. The average molecular weight is 446 g/mol. The molecule has 2 heterocycles. The molecule has 3 unspecified atom stereocenters. The van der Waals surface area contributed by atoms with Crippen molar-refractivity contribution in [2.45, 2.75) is 58.6 Å². The van der Waals surface area contributed by atoms with Gasteiger partial charge in [0.15, 0.2) is 0 Å². The summed E-state index contributed by atoms with van der Waals surface area (Å²) in [5.74, 6) is 0.605. The van der Waals surface area contributed by atoms with E-state index in [2.05, 4.69) is 60.2 Å². The topological polar surface area (TPSA) is 38.7 Å². The lowest BCUT2D eigenvalue weighted by Crippen LogP contribution is -2.46. The second-order valence-corrected chi connectivity index (χ2v) is 9.51. The molecule has 0 aromatic heterocycles. The predicted octanol–water partition coefficient (Wildman–Crippen LogP) is 4.79. The van der Waals surface area contributed by atoms with E-state index in [1.54, 1.807) is 0 Å². The summed E-state index contributed by atoms with van der Waals surface area (Å²) in [5, 5.41) is 15.8. The molecular weight excluding hydrogens is 406 g/mol. The molecule has 1 aromatic rings. The van der Waals surface area contributed by atoms with Crippen LogP contribution in [-0.4, -0.2) is 60.2 Å². The van der Waals surface area contributed by atoms with Crippen molar-refractivity contribution < 1.29 is 5.11 Å². The molecule has 2 aliphatic rings. The fourth-order valence-electron chi connectivity index (χ4n) is 4.76. The lowest BCUT2D eigenvalue weighted by atomic mass is 9.98. The number of rotatable bonds is 10. The van der Waals surface area contributed by atoms with Crippen LogP contribution in [-0.2, 0) is 6.42 Å². The Morgan fingerprint density at radius 2 is 2.06 bits per heavy atom. The number of likely N-dealkylation sites (tertiary alicyclic amines) is 2. The van der Waals surface area contributed by atoms with Gasteiger partial charge in [0.2, 0.25) is 0 Å². The highest BCUT2D eigenvalue weighted by Gasteiger charge is 2.28. The summed E-state index contributed by atoms with van der Waals surface area (Å²) in [6.45, 7) is 12.6. The summed E-state index contributed by atoms with van der Waals surface area (Å²) in [4.78, 5) is 4.95. The van der Waals surface area contributed by atoms with E-state index < -0.39 is 6.10 Å². The summed E-state index contributed by atoms with van der Waals surface area (Å²) < 4.78 is 0. The minimum atomic E-state index is -0.558. The second-order valence-electron chi connectivity index (χ2n) is 9.11. The van der Waals surface area contributed by atoms with Crippen molar-refractivity contribution in [2.24, 2.45) is 5.92 Å². The summed E-state index contributed by atoms with van der Waals surface area (Å²) in [7, 11) is 0. The Morgan fingerprint density at radius 3 is 2.74 bits per heavy atom. The van der Waals surface area contributed by atoms with E-state index in [9.17, 15) is 5.11 Å². The Labute approximate surface area is 194 Å². The van der Waals surface area contributed by atoms with Gasteiger partial charge < -0.3 is 20.2 Å². The maximum Gasteiger partial charge on any atom is 0.0956 e. The van der Waals surface area contributed by atoms with Crippen LogP contribution in [0.1, 0.15) is 57.3 Å². The molecule has 3 rings (SSSR count). The normalized spacial score (nSPS) is 22.5. The Bertz CT molecular complexity index is 757. The van der Waals surface area contributed by atoms with E-state index in [1.165, 1.54) is 25.0 Å². The van der Waals surface area contributed by atoms with Crippen molar-refractivity contribution in [1.82, 2.24) is 15.1 Å². The first-order chi connectivity index (χ1) is 15.0. The molecule has 0 saturated carbocycles. The van der Waals surface area contributed by atoms with Crippen molar-refractivity contribution >= 4 is 11.6 Å². The Kier molecular flexibility index (Phi) is 9.46. The average Bonchev–Trinajstić information content (AvgIpc) is 3.46. The van der Waals surface area contributed by atoms with E-state index in [0.29, 0.717) is 5.92 Å². The van der Waals surface area contributed by atoms with Gasteiger partial charge in [0.25, 0.3) is 0 Å². The van der Waals surface area contributed by atoms with Crippen LogP contribution in [0.2, 0.25) is 5.02 Å². The van der Waals surface area contributed by atoms with Crippen LogP contribution in [0.5, 0.6) is 0 Å². The number of allylic oxidation sites excluding steroid dienone is 4. The molecule has 2 aliphatic heterocycles. The minimum Gasteiger partial charge on any atom is -0.387 e. The molecular formula is C26H40ClN3O. The largest absolute Gasteiger partial charge is 0.387 e. The van der Waals surface area contributed by atoms with Crippen molar-refractivity contribution in [3.8, 4) is 0 Å². The van der Waals surface area contributed by atoms with Gasteiger partial charge in [0.1, 0.15) is 0 Å². The van der Waals surface area contributed by atoms with Crippen LogP contribution in [0, 0.1) is 5.92 Å². The van der Waals surface area contributed by atoms with Crippen LogP contribution in [0.25, 0.3) is 0 Å². The van der Waals surface area contributed by atoms with Gasteiger partial charge in [-0.2, -0.15) is 0 Å². The van der Waals surface area contributed by atoms with Crippen LogP contribution >= 0.6 is 11.6 Å². The quantitative estimate of drug-likeness (QED) is 0.508. The fraction of sp³-hybridized carbons (Fsp3) is 0.615. The molecule has 172 valence electrons. The third-order valence-corrected chi connectivity index (χ3v) is 7.17. The summed E-state index contributed by atoms with van der Waals surface area (Å²) in [6, 6.07) is 6.06. The minimum absolute atomic E-state index is 0.00959. The first-order valence-electron chi connectivity index (χ1n) is 12.0. The molecule has 0 aliphatic carbocycles. The Balaban J connectivity index is 1.63. The first kappa shape index (κ1) is 24.3. The van der Waals surface area contributed by atoms with Gasteiger partial charge in [-0.25, -0.2) is 0 Å². The number of hydrogen-bond acceptors (Lipinski definition) is 4. The number of halogens is 1. The maximum atomic E-state index is 11.3. The number of hydrogen-bond donors (Lipinski definition) is 2. The molecule has 2 N–H and O–H groups in total. The molecule has 0 radical (unpaired) electrons. The smallest absolute Gasteiger partial charge is 0.0956 e. The predicted molar refractivity (Wildman–Crippen MR) is 132 cm³/mol. The summed E-state index contributed by atoms with van der Waals surface area (Å²) in [6.07, 6.45) is 10.4. The van der Waals surface area contributed by atoms with Crippen LogP contribution < -0.4 is 5.32 Å². The maximum absolute atomic E-state index is 11.3. The van der Waals surface area contributed by atoms with E-state index in [-0.39, 0.29) is 6.04 Å². The highest BCUT2D eigenvalue weighted by atomic mass is 35.5. The number of aliphatic hydroxyl groups is 1. The number of aliphatic hydroxyl groups excluding tert-OH is 1. The van der Waals surface area contributed by atoms with Gasteiger partial charge in [-0.15, -0.1) is 0 Å². The molecule has 2 saturated heterocycles. The lowest BCUT2D eigenvalue weighted by molar-refractivity contribution is 0.104. The second kappa shape index (κ2) is 12.1. The zero-order valence-corrected chi connectivity index (χ0v) is 20.2. The van der Waals surface area contributed by atoms with E-state index in [1.807, 2.05) is 12.1 Å². The third kappa shape index (κ3) is 6.82. The number of nitrogens with zero attached hydrogens (tertiary/aromatic N) is 2. The van der Waals surface area contributed by atoms with E-state index >= 15 is 0 Å². The highest BCUT2D eigenvalue weighted by Crippen LogP contribution is 2.26. The monoisotopic (exact) mass is 445 g/mol. The molecule has 1 aromatic carbocycles. The standard InChI is InChI=1S/C26H40ClN3O/c1-4-6-9-20(3)30-15-12-21(18-30)17-28-25(19-29-13-7-8-14-29)26(31)23-11-10-22(5-2)24(27)16-23/h4,6,9-11,16,21,25-26,28,31H,5,7-8,12-15,17-19H2,1-3H3. The van der Waals surface area contributed by atoms with Crippen molar-refractivity contribution in [3.05, 3.63) is 58.3 Å². The third-order valence-electron chi connectivity index (χ3n) is 6.82. The van der Waals surface area contributed by atoms with Gasteiger partial charge in [0.05, 0.1) is 6.10 Å². The molecule has 2 fully saturated rings. The number of benzene rings is 1. The van der Waals surface area contributed by atoms with Crippen molar-refractivity contribution in [1.29, 1.82) is 0 Å². The Hall–Kier alpha value is -1.33. The van der Waals surface area contributed by atoms with E-state index in [4.69, 9.17) is 11.6 Å². The van der Waals surface area contributed by atoms with Crippen molar-refractivity contribution in [2.75, 3.05) is 39.3 Å². The van der Waals surface area contributed by atoms with Gasteiger partial charge in [0, 0.05) is 42.9 Å². The molecule has 4 nitrogen and oxygen atoms in total. The first-order valence-corrected chi connectivity index (χ1v) is 12.4. The zero-order chi connectivity index (χ0) is 22.2. The molecule has 0 amide bonds. The van der Waals surface area contributed by atoms with Gasteiger partial charge in [-0.3, -0.25) is 0 Å². The van der Waals surface area contributed by atoms with Crippen LogP contribution in [0.15, 0.2) is 42.1 Å². The molecule has 5 heteroatoms. The van der Waals surface area contributed by atoms with Crippen LogP contribution in [0.3, 0.4) is 0 Å². The van der Waals surface area contributed by atoms with E-state index in [0.717, 1.165) is 61.8 Å². The molecule has 0 spiro atoms. The van der Waals surface area contributed by atoms with Gasteiger partial charge >= 0.3 is 0 Å². The van der Waals surface area contributed by atoms with Gasteiger partial charge in [-0.05, 0) is 81.8 Å². The zero-order valence-electron chi connectivity index (χ0n) is 19.5. The van der Waals surface area contributed by atoms with Crippen LogP contribution in [0.4, 0.5) is 0 Å². The number of aryl methyl sites for hydroxylation is 1. The molecule has 3 atom stereocenters. The van der Waals surface area contributed by atoms with Crippen molar-refractivity contribution in [3.63, 3.8) is 0 Å². The summed E-state index contributed by atoms with van der Waals surface area (Å²) >= 11 is 6.45.